The monoisotopic (exact) mass is 557 g/mol. The van der Waals surface area contributed by atoms with E-state index in [4.69, 9.17) is 14.2 Å². The van der Waals surface area contributed by atoms with Crippen LogP contribution < -0.4 is 5.32 Å². The summed E-state index contributed by atoms with van der Waals surface area (Å²) >= 11 is 0. The van der Waals surface area contributed by atoms with Gasteiger partial charge in [0.1, 0.15) is 24.6 Å². The molecule has 5 rings (SSSR count). The van der Waals surface area contributed by atoms with Gasteiger partial charge in [-0.1, -0.05) is 18.2 Å². The Morgan fingerprint density at radius 2 is 1.84 bits per heavy atom. The molecular formula is C22H22F3N5O7S. The van der Waals surface area contributed by atoms with Crippen LogP contribution in [0, 0.1) is 0 Å². The average Bonchev–Trinajstić information content (AvgIpc) is 3.48. The minimum atomic E-state index is -4.96. The second-order valence-electron chi connectivity index (χ2n) is 9.10. The highest BCUT2D eigenvalue weighted by Gasteiger charge is 2.56. The molecule has 0 bridgehead atoms. The zero-order chi connectivity index (χ0) is 27.3. The number of halogens is 3. The zero-order valence-electron chi connectivity index (χ0n) is 20.0. The fourth-order valence-corrected chi connectivity index (χ4v) is 5.15. The van der Waals surface area contributed by atoms with E-state index < -0.39 is 64.9 Å². The number of carbonyl (C=O) groups is 1. The van der Waals surface area contributed by atoms with Gasteiger partial charge in [0.25, 0.3) is 16.0 Å². The van der Waals surface area contributed by atoms with Gasteiger partial charge in [-0.15, -0.1) is 0 Å². The van der Waals surface area contributed by atoms with Crippen LogP contribution in [0.5, 0.6) is 0 Å². The molecule has 16 heteroatoms. The molecule has 12 nitrogen and oxygen atoms in total. The first-order valence-electron chi connectivity index (χ1n) is 11.3. The molecule has 4 atom stereocenters. The van der Waals surface area contributed by atoms with Gasteiger partial charge < -0.3 is 19.5 Å². The van der Waals surface area contributed by atoms with Crippen molar-refractivity contribution in [3.8, 4) is 0 Å². The van der Waals surface area contributed by atoms with Gasteiger partial charge in [-0.25, -0.2) is 15.0 Å². The Bertz CT molecular complexity index is 1450. The number of fused-ring (bicyclic) bond motifs is 2. The summed E-state index contributed by atoms with van der Waals surface area (Å²) in [6.45, 7) is 2.54. The molecule has 2 aliphatic rings. The third kappa shape index (κ3) is 5.49. The highest BCUT2D eigenvalue weighted by Crippen LogP contribution is 2.44. The second-order valence-corrected chi connectivity index (χ2v) is 10.7. The number of hydrogen-bond donors (Lipinski definition) is 1. The van der Waals surface area contributed by atoms with Crippen LogP contribution in [-0.4, -0.2) is 76.5 Å². The molecule has 2 fully saturated rings. The maximum atomic E-state index is 12.6. The van der Waals surface area contributed by atoms with Gasteiger partial charge in [0.15, 0.2) is 34.7 Å². The number of imidazole rings is 1. The van der Waals surface area contributed by atoms with E-state index in [2.05, 4.69) is 24.5 Å². The molecule has 3 aromatic rings. The number of aromatic nitrogens is 4. The van der Waals surface area contributed by atoms with Crippen LogP contribution in [0.15, 0.2) is 43.0 Å². The molecule has 0 unspecified atom stereocenters. The van der Waals surface area contributed by atoms with Gasteiger partial charge in [-0.3, -0.25) is 13.5 Å². The quantitative estimate of drug-likeness (QED) is 0.430. The SMILES string of the molecule is CC1(C)O[C@@H]2[C@H](O1)[C@@H](COS(=O)(=O)CC(F)(F)F)O[C@H]2n1cnc2c(NC(=O)c3ccccc3)ncnc21. The van der Waals surface area contributed by atoms with Crippen molar-refractivity contribution in [2.45, 2.75) is 50.4 Å². The first-order chi connectivity index (χ1) is 17.8. The van der Waals surface area contributed by atoms with Gasteiger partial charge in [0.05, 0.1) is 12.9 Å². The third-order valence-electron chi connectivity index (χ3n) is 5.78. The Hall–Kier alpha value is -3.18. The Labute approximate surface area is 214 Å². The summed E-state index contributed by atoms with van der Waals surface area (Å²) in [5, 5.41) is 2.69. The first kappa shape index (κ1) is 26.4. The Kier molecular flexibility index (Phi) is 6.63. The molecule has 2 aromatic heterocycles. The molecule has 0 saturated carbocycles. The van der Waals surface area contributed by atoms with Crippen molar-refractivity contribution in [1.29, 1.82) is 0 Å². The van der Waals surface area contributed by atoms with Crippen molar-refractivity contribution >= 4 is 33.0 Å². The fourth-order valence-electron chi connectivity index (χ4n) is 4.33. The minimum Gasteiger partial charge on any atom is -0.347 e. The third-order valence-corrected chi connectivity index (χ3v) is 6.95. The van der Waals surface area contributed by atoms with Crippen LogP contribution in [0.1, 0.15) is 30.4 Å². The molecule has 0 aliphatic carbocycles. The molecular weight excluding hydrogens is 535 g/mol. The maximum absolute atomic E-state index is 12.6. The summed E-state index contributed by atoms with van der Waals surface area (Å²) in [7, 11) is -4.91. The van der Waals surface area contributed by atoms with Gasteiger partial charge in [-0.05, 0) is 26.0 Å². The molecule has 0 radical (unpaired) electrons. The predicted molar refractivity (Wildman–Crippen MR) is 123 cm³/mol. The van der Waals surface area contributed by atoms with Crippen LogP contribution in [0.25, 0.3) is 11.2 Å². The lowest BCUT2D eigenvalue weighted by Crippen LogP contribution is -2.35. The maximum Gasteiger partial charge on any atom is 0.405 e. The van der Waals surface area contributed by atoms with Gasteiger partial charge >= 0.3 is 6.18 Å². The number of benzene rings is 1. The van der Waals surface area contributed by atoms with E-state index in [9.17, 15) is 26.4 Å². The van der Waals surface area contributed by atoms with Crippen molar-refractivity contribution in [3.05, 3.63) is 48.5 Å². The van der Waals surface area contributed by atoms with Crippen LogP contribution in [0.2, 0.25) is 0 Å². The van der Waals surface area contributed by atoms with E-state index in [0.717, 1.165) is 0 Å². The Balaban J connectivity index is 1.40. The molecule has 0 spiro atoms. The molecule has 1 amide bonds. The number of anilines is 1. The highest BCUT2D eigenvalue weighted by atomic mass is 32.2. The zero-order valence-corrected chi connectivity index (χ0v) is 20.8. The first-order valence-corrected chi connectivity index (χ1v) is 12.9. The van der Waals surface area contributed by atoms with Crippen LogP contribution in [0.4, 0.5) is 19.0 Å². The summed E-state index contributed by atoms with van der Waals surface area (Å²) in [6.07, 6.45) is -6.10. The van der Waals surface area contributed by atoms with Crippen LogP contribution in [-0.2, 0) is 28.5 Å². The smallest absolute Gasteiger partial charge is 0.347 e. The van der Waals surface area contributed by atoms with E-state index >= 15 is 0 Å². The van der Waals surface area contributed by atoms with E-state index in [0.29, 0.717) is 5.56 Å². The summed E-state index contributed by atoms with van der Waals surface area (Å²) in [5.41, 5.74) is 0.900. The molecule has 1 aromatic carbocycles. The van der Waals surface area contributed by atoms with Crippen molar-refractivity contribution in [2.75, 3.05) is 17.7 Å². The Morgan fingerprint density at radius 1 is 1.13 bits per heavy atom. The normalized spacial score (nSPS) is 25.0. The summed E-state index contributed by atoms with van der Waals surface area (Å²) in [6, 6.07) is 8.47. The van der Waals surface area contributed by atoms with E-state index in [1.165, 1.54) is 17.2 Å². The van der Waals surface area contributed by atoms with Crippen molar-refractivity contribution < 1.29 is 44.8 Å². The molecule has 4 heterocycles. The fraction of sp³-hybridized carbons (Fsp3) is 0.455. The number of carbonyl (C=O) groups excluding carboxylic acids is 1. The molecule has 204 valence electrons. The lowest BCUT2D eigenvalue weighted by atomic mass is 10.1. The summed E-state index contributed by atoms with van der Waals surface area (Å²) in [4.78, 5) is 25.3. The number of nitrogens with one attached hydrogen (secondary N) is 1. The van der Waals surface area contributed by atoms with Gasteiger partial charge in [-0.2, -0.15) is 21.6 Å². The lowest BCUT2D eigenvalue weighted by molar-refractivity contribution is -0.198. The second kappa shape index (κ2) is 9.53. The number of ether oxygens (including phenoxy) is 3. The van der Waals surface area contributed by atoms with E-state index in [1.54, 1.807) is 44.2 Å². The summed E-state index contributed by atoms with van der Waals surface area (Å²) in [5.74, 6) is -3.50. The summed E-state index contributed by atoms with van der Waals surface area (Å²) < 4.78 is 85.2. The largest absolute Gasteiger partial charge is 0.405 e. The van der Waals surface area contributed by atoms with E-state index in [-0.39, 0.29) is 17.0 Å². The highest BCUT2D eigenvalue weighted by molar-refractivity contribution is 7.86. The number of amides is 1. The number of hydrogen-bond acceptors (Lipinski definition) is 10. The van der Waals surface area contributed by atoms with Crippen molar-refractivity contribution in [1.82, 2.24) is 19.5 Å². The topological polar surface area (TPSA) is 144 Å². The Morgan fingerprint density at radius 3 is 2.55 bits per heavy atom. The van der Waals surface area contributed by atoms with Crippen molar-refractivity contribution in [2.24, 2.45) is 0 Å². The molecule has 2 aliphatic heterocycles. The minimum absolute atomic E-state index is 0.138. The molecule has 38 heavy (non-hydrogen) atoms. The van der Waals surface area contributed by atoms with Gasteiger partial charge in [0.2, 0.25) is 0 Å². The standard InChI is InChI=1S/C22H22F3N5O7S/c1-21(2)36-15-13(8-34-38(32,33)9-22(23,24)25)35-20(16(15)37-21)30-11-28-14-17(26-10-27-18(14)30)29-19(31)12-6-4-3-5-7-12/h3-7,10-11,13,15-16,20H,8-9H2,1-2H3,(H,26,27,29,31)/t13-,15-,16-,20-/m1/s1. The molecule has 2 saturated heterocycles. The van der Waals surface area contributed by atoms with E-state index in [1.807, 2.05) is 0 Å². The number of rotatable bonds is 7. The van der Waals surface area contributed by atoms with Crippen molar-refractivity contribution in [3.63, 3.8) is 0 Å². The average molecular weight is 558 g/mol. The van der Waals surface area contributed by atoms with Gasteiger partial charge in [0, 0.05) is 5.56 Å². The lowest BCUT2D eigenvalue weighted by Gasteiger charge is -2.24. The van der Waals surface area contributed by atoms with Crippen LogP contribution >= 0.6 is 0 Å². The van der Waals surface area contributed by atoms with Crippen LogP contribution in [0.3, 0.4) is 0 Å². The number of nitrogens with zero attached hydrogens (tertiary/aromatic N) is 4. The number of alkyl halides is 3. The predicted octanol–water partition coefficient (Wildman–Crippen LogP) is 2.40. The molecule has 1 N–H and O–H groups in total.